The fourth-order valence-corrected chi connectivity index (χ4v) is 2.24. The maximum Gasteiger partial charge on any atom is 0.126 e. The fraction of sp³-hybridized carbons (Fsp3) is 0.273. The standard InChI is InChI=1S/C11H12BrN3S/c1-7-5-14-11(16-7)6-13-10-4-3-9(12)8(2)15-10/h3-5H,6H2,1-2H3,(H,13,15). The van der Waals surface area contributed by atoms with E-state index in [4.69, 9.17) is 0 Å². The highest BCUT2D eigenvalue weighted by Crippen LogP contribution is 2.17. The molecule has 2 heterocycles. The molecule has 0 saturated carbocycles. The molecule has 16 heavy (non-hydrogen) atoms. The number of halogens is 1. The average Bonchev–Trinajstić information content (AvgIpc) is 2.66. The third kappa shape index (κ3) is 2.80. The van der Waals surface area contributed by atoms with Gasteiger partial charge < -0.3 is 5.32 Å². The second-order valence-electron chi connectivity index (χ2n) is 3.48. The summed E-state index contributed by atoms with van der Waals surface area (Å²) >= 11 is 5.13. The zero-order valence-corrected chi connectivity index (χ0v) is 11.5. The van der Waals surface area contributed by atoms with Crippen LogP contribution in [0.3, 0.4) is 0 Å². The first kappa shape index (κ1) is 11.5. The number of nitrogens with zero attached hydrogens (tertiary/aromatic N) is 2. The molecule has 5 heteroatoms. The van der Waals surface area contributed by atoms with Crippen LogP contribution in [0.1, 0.15) is 15.6 Å². The second-order valence-corrected chi connectivity index (χ2v) is 5.66. The molecule has 2 aromatic heterocycles. The predicted octanol–water partition coefficient (Wildman–Crippen LogP) is 3.53. The molecule has 3 nitrogen and oxygen atoms in total. The minimum Gasteiger partial charge on any atom is -0.364 e. The summed E-state index contributed by atoms with van der Waals surface area (Å²) < 4.78 is 1.03. The highest BCUT2D eigenvalue weighted by atomic mass is 79.9. The number of aryl methyl sites for hydroxylation is 2. The van der Waals surface area contributed by atoms with Crippen molar-refractivity contribution in [2.75, 3.05) is 5.32 Å². The zero-order chi connectivity index (χ0) is 11.5. The van der Waals surface area contributed by atoms with Gasteiger partial charge in [0, 0.05) is 15.5 Å². The van der Waals surface area contributed by atoms with Gasteiger partial charge in [0.1, 0.15) is 10.8 Å². The first-order valence-corrected chi connectivity index (χ1v) is 6.54. The van der Waals surface area contributed by atoms with E-state index in [1.807, 2.05) is 25.3 Å². The van der Waals surface area contributed by atoms with Crippen molar-refractivity contribution in [3.8, 4) is 0 Å². The summed E-state index contributed by atoms with van der Waals surface area (Å²) in [6.45, 7) is 4.76. The first-order chi connectivity index (χ1) is 7.65. The van der Waals surface area contributed by atoms with E-state index in [9.17, 15) is 0 Å². The first-order valence-electron chi connectivity index (χ1n) is 4.93. The summed E-state index contributed by atoms with van der Waals surface area (Å²) in [6, 6.07) is 3.95. The number of nitrogens with one attached hydrogen (secondary N) is 1. The van der Waals surface area contributed by atoms with Crippen LogP contribution >= 0.6 is 27.3 Å². The molecule has 0 aliphatic heterocycles. The van der Waals surface area contributed by atoms with Gasteiger partial charge in [-0.3, -0.25) is 0 Å². The Kier molecular flexibility index (Phi) is 3.56. The third-order valence-electron chi connectivity index (χ3n) is 2.11. The van der Waals surface area contributed by atoms with Crippen LogP contribution in [0.2, 0.25) is 0 Å². The van der Waals surface area contributed by atoms with Crippen molar-refractivity contribution in [3.63, 3.8) is 0 Å². The molecule has 0 atom stereocenters. The molecule has 0 spiro atoms. The van der Waals surface area contributed by atoms with Gasteiger partial charge in [-0.1, -0.05) is 0 Å². The normalized spacial score (nSPS) is 10.4. The number of anilines is 1. The van der Waals surface area contributed by atoms with Gasteiger partial charge >= 0.3 is 0 Å². The van der Waals surface area contributed by atoms with Gasteiger partial charge in [0.05, 0.1) is 12.2 Å². The van der Waals surface area contributed by atoms with Crippen molar-refractivity contribution < 1.29 is 0 Å². The maximum atomic E-state index is 4.41. The van der Waals surface area contributed by atoms with Gasteiger partial charge in [-0.05, 0) is 41.9 Å². The third-order valence-corrected chi connectivity index (χ3v) is 3.86. The van der Waals surface area contributed by atoms with E-state index in [-0.39, 0.29) is 0 Å². The lowest BCUT2D eigenvalue weighted by Crippen LogP contribution is -2.01. The van der Waals surface area contributed by atoms with Crippen LogP contribution in [0.5, 0.6) is 0 Å². The van der Waals surface area contributed by atoms with Crippen molar-refractivity contribution in [1.29, 1.82) is 0 Å². The Balaban J connectivity index is 2.02. The lowest BCUT2D eigenvalue weighted by Gasteiger charge is -2.05. The Bertz CT molecular complexity index is 496. The second kappa shape index (κ2) is 4.93. The topological polar surface area (TPSA) is 37.8 Å². The lowest BCUT2D eigenvalue weighted by molar-refractivity contribution is 1.06. The van der Waals surface area contributed by atoms with E-state index in [0.29, 0.717) is 0 Å². The number of thiazole rings is 1. The van der Waals surface area contributed by atoms with Gasteiger partial charge in [-0.15, -0.1) is 11.3 Å². The average molecular weight is 298 g/mol. The Morgan fingerprint density at radius 1 is 1.38 bits per heavy atom. The lowest BCUT2D eigenvalue weighted by atomic mass is 10.4. The highest BCUT2D eigenvalue weighted by Gasteiger charge is 2.01. The van der Waals surface area contributed by atoms with E-state index >= 15 is 0 Å². The molecule has 0 fully saturated rings. The fourth-order valence-electron chi connectivity index (χ4n) is 1.29. The molecule has 0 unspecified atom stereocenters. The van der Waals surface area contributed by atoms with Crippen molar-refractivity contribution in [3.05, 3.63) is 38.4 Å². The molecule has 0 aromatic carbocycles. The number of aromatic nitrogens is 2. The summed E-state index contributed by atoms with van der Waals surface area (Å²) in [5.74, 6) is 0.883. The molecule has 0 aliphatic carbocycles. The highest BCUT2D eigenvalue weighted by molar-refractivity contribution is 9.10. The summed E-state index contributed by atoms with van der Waals surface area (Å²) in [5.41, 5.74) is 0.986. The molecular formula is C11H12BrN3S. The summed E-state index contributed by atoms with van der Waals surface area (Å²) in [5, 5.41) is 4.34. The number of rotatable bonds is 3. The van der Waals surface area contributed by atoms with E-state index in [1.54, 1.807) is 11.3 Å². The molecule has 0 amide bonds. The van der Waals surface area contributed by atoms with Crippen molar-refractivity contribution in [2.24, 2.45) is 0 Å². The summed E-state index contributed by atoms with van der Waals surface area (Å²) in [7, 11) is 0. The Hall–Kier alpha value is -0.940. The molecule has 1 N–H and O–H groups in total. The Morgan fingerprint density at radius 3 is 2.81 bits per heavy atom. The van der Waals surface area contributed by atoms with Crippen molar-refractivity contribution in [2.45, 2.75) is 20.4 Å². The molecule has 2 aromatic rings. The molecule has 0 saturated heterocycles. The molecule has 0 aliphatic rings. The van der Waals surface area contributed by atoms with Crippen LogP contribution in [0.25, 0.3) is 0 Å². The quantitative estimate of drug-likeness (QED) is 0.942. The van der Waals surface area contributed by atoms with E-state index in [1.165, 1.54) is 4.88 Å². The molecular weight excluding hydrogens is 286 g/mol. The minimum absolute atomic E-state index is 0.729. The van der Waals surface area contributed by atoms with Crippen LogP contribution in [-0.4, -0.2) is 9.97 Å². The van der Waals surface area contributed by atoms with Crippen molar-refractivity contribution >= 4 is 33.1 Å². The predicted molar refractivity (Wildman–Crippen MR) is 70.9 cm³/mol. The van der Waals surface area contributed by atoms with Crippen LogP contribution < -0.4 is 5.32 Å². The Labute approximate surface area is 107 Å². The van der Waals surface area contributed by atoms with E-state index in [0.717, 1.165) is 27.5 Å². The van der Waals surface area contributed by atoms with Gasteiger partial charge in [0.15, 0.2) is 0 Å². The van der Waals surface area contributed by atoms with Crippen LogP contribution in [0.15, 0.2) is 22.8 Å². The molecule has 0 radical (unpaired) electrons. The maximum absolute atomic E-state index is 4.41. The van der Waals surface area contributed by atoms with Crippen LogP contribution in [0, 0.1) is 13.8 Å². The van der Waals surface area contributed by atoms with Gasteiger partial charge in [-0.2, -0.15) is 0 Å². The molecule has 84 valence electrons. The zero-order valence-electron chi connectivity index (χ0n) is 9.12. The van der Waals surface area contributed by atoms with Gasteiger partial charge in [0.2, 0.25) is 0 Å². The SMILES string of the molecule is Cc1cnc(CNc2ccc(Br)c(C)n2)s1. The van der Waals surface area contributed by atoms with Crippen LogP contribution in [0.4, 0.5) is 5.82 Å². The molecule has 2 rings (SSSR count). The summed E-state index contributed by atoms with van der Waals surface area (Å²) in [6.07, 6.45) is 1.89. The van der Waals surface area contributed by atoms with Crippen molar-refractivity contribution in [1.82, 2.24) is 9.97 Å². The Morgan fingerprint density at radius 2 is 2.19 bits per heavy atom. The van der Waals surface area contributed by atoms with E-state index in [2.05, 4.69) is 38.1 Å². The summed E-state index contributed by atoms with van der Waals surface area (Å²) in [4.78, 5) is 9.94. The largest absolute Gasteiger partial charge is 0.364 e. The van der Waals surface area contributed by atoms with Crippen LogP contribution in [-0.2, 0) is 6.54 Å². The number of pyridine rings is 1. The van der Waals surface area contributed by atoms with Gasteiger partial charge in [-0.25, -0.2) is 9.97 Å². The smallest absolute Gasteiger partial charge is 0.126 e. The molecule has 0 bridgehead atoms. The number of hydrogen-bond acceptors (Lipinski definition) is 4. The van der Waals surface area contributed by atoms with E-state index < -0.39 is 0 Å². The minimum atomic E-state index is 0.729. The monoisotopic (exact) mass is 297 g/mol. The number of hydrogen-bond donors (Lipinski definition) is 1. The van der Waals surface area contributed by atoms with Gasteiger partial charge in [0.25, 0.3) is 0 Å².